The van der Waals surface area contributed by atoms with Crippen LogP contribution in [0.2, 0.25) is 0 Å². The normalized spacial score (nSPS) is 12.3. The minimum absolute atomic E-state index is 0.174. The van der Waals surface area contributed by atoms with Crippen LogP contribution in [0.5, 0.6) is 5.75 Å². The lowest BCUT2D eigenvalue weighted by atomic mass is 9.94. The zero-order valence-electron chi connectivity index (χ0n) is 23.8. The Morgan fingerprint density at radius 2 is 1.75 bits per heavy atom. The third-order valence-electron chi connectivity index (χ3n) is 7.78. The van der Waals surface area contributed by atoms with Crippen molar-refractivity contribution in [3.63, 3.8) is 0 Å². The summed E-state index contributed by atoms with van der Waals surface area (Å²) in [7, 11) is -4.06. The number of pyridine rings is 2. The van der Waals surface area contributed by atoms with Gasteiger partial charge >= 0.3 is 7.60 Å². The molecule has 0 aliphatic carbocycles. The van der Waals surface area contributed by atoms with Crippen LogP contribution in [0.25, 0.3) is 21.8 Å². The Morgan fingerprint density at radius 1 is 0.975 bits per heavy atom. The molecule has 8 nitrogen and oxygen atoms in total. The number of nitrogens with zero attached hydrogens (tertiary/aromatic N) is 2. The van der Waals surface area contributed by atoms with E-state index >= 15 is 0 Å². The molecular formula is C31H40N3O5P. The molecule has 0 radical (unpaired) electrons. The lowest BCUT2D eigenvalue weighted by molar-refractivity contribution is -0.0631. The van der Waals surface area contributed by atoms with Crippen LogP contribution in [-0.4, -0.2) is 44.7 Å². The van der Waals surface area contributed by atoms with Crippen LogP contribution in [0, 0.1) is 13.8 Å². The molecule has 0 aliphatic rings. The molecule has 0 amide bonds. The molecule has 2 aromatic heterocycles. The number of ether oxygens (including phenoxy) is 2. The number of hydrogen-bond donors (Lipinski definition) is 3. The van der Waals surface area contributed by atoms with Gasteiger partial charge in [-0.25, -0.2) is 4.98 Å². The summed E-state index contributed by atoms with van der Waals surface area (Å²) in [5.74, 6) is 1.23. The number of aryl methyl sites for hydroxylation is 4. The number of nitrogen functional groups attached to an aromatic ring is 1. The summed E-state index contributed by atoms with van der Waals surface area (Å²) < 4.78 is 23.3. The zero-order chi connectivity index (χ0) is 28.9. The van der Waals surface area contributed by atoms with Crippen molar-refractivity contribution in [3.05, 3.63) is 70.9 Å². The maximum Gasteiger partial charge on any atom is 0.325 e. The van der Waals surface area contributed by atoms with Gasteiger partial charge in [0.1, 0.15) is 17.9 Å². The number of hydrogen-bond acceptors (Lipinski definition) is 6. The van der Waals surface area contributed by atoms with E-state index < -0.39 is 13.2 Å². The largest absolute Gasteiger partial charge is 0.491 e. The van der Waals surface area contributed by atoms with E-state index in [1.165, 1.54) is 5.56 Å². The molecule has 0 aliphatic heterocycles. The maximum absolute atomic E-state index is 11.3. The monoisotopic (exact) mass is 565 g/mol. The molecule has 2 aromatic carbocycles. The van der Waals surface area contributed by atoms with E-state index in [4.69, 9.17) is 15.2 Å². The highest BCUT2D eigenvalue weighted by Gasteiger charge is 2.30. The quantitative estimate of drug-likeness (QED) is 0.0981. The van der Waals surface area contributed by atoms with Crippen LogP contribution in [-0.2, 0) is 22.1 Å². The molecule has 214 valence electrons. The van der Waals surface area contributed by atoms with Gasteiger partial charge in [0.25, 0.3) is 0 Å². The summed E-state index contributed by atoms with van der Waals surface area (Å²) in [6, 6.07) is 14.5. The second-order valence-corrected chi connectivity index (χ2v) is 12.3. The fourth-order valence-electron chi connectivity index (χ4n) is 5.16. The van der Waals surface area contributed by atoms with E-state index in [9.17, 15) is 14.4 Å². The minimum Gasteiger partial charge on any atom is -0.491 e. The molecule has 0 spiro atoms. The molecule has 4 aromatic rings. The molecule has 0 saturated heterocycles. The van der Waals surface area contributed by atoms with Gasteiger partial charge in [-0.15, -0.1) is 0 Å². The summed E-state index contributed by atoms with van der Waals surface area (Å²) in [6.07, 6.45) is 5.12. The molecule has 0 atom stereocenters. The highest BCUT2D eigenvalue weighted by molar-refractivity contribution is 7.51. The smallest absolute Gasteiger partial charge is 0.325 e. The number of nitrogens with two attached hydrogens (primary N) is 1. The van der Waals surface area contributed by atoms with E-state index in [2.05, 4.69) is 41.2 Å². The van der Waals surface area contributed by atoms with Crippen molar-refractivity contribution in [1.29, 1.82) is 0 Å². The maximum atomic E-state index is 11.3. The highest BCUT2D eigenvalue weighted by Crippen LogP contribution is 2.39. The molecule has 40 heavy (non-hydrogen) atoms. The van der Waals surface area contributed by atoms with Crippen LogP contribution in [0.15, 0.2) is 48.7 Å². The fourth-order valence-corrected chi connectivity index (χ4v) is 5.86. The van der Waals surface area contributed by atoms with Crippen molar-refractivity contribution < 1.29 is 23.8 Å². The number of anilines is 1. The van der Waals surface area contributed by atoms with E-state index in [0.29, 0.717) is 38.3 Å². The van der Waals surface area contributed by atoms with Gasteiger partial charge < -0.3 is 25.0 Å². The van der Waals surface area contributed by atoms with Gasteiger partial charge in [0, 0.05) is 17.0 Å². The van der Waals surface area contributed by atoms with E-state index in [1.54, 1.807) is 0 Å². The molecule has 4 N–H and O–H groups in total. The summed E-state index contributed by atoms with van der Waals surface area (Å²) in [5.41, 5.74) is 12.0. The van der Waals surface area contributed by atoms with Gasteiger partial charge in [-0.05, 0) is 92.5 Å². The summed E-state index contributed by atoms with van der Waals surface area (Å²) in [5, 5.41) is 2.09. The predicted octanol–water partition coefficient (Wildman–Crippen LogP) is 6.29. The van der Waals surface area contributed by atoms with Crippen LogP contribution >= 0.6 is 7.60 Å². The second-order valence-electron chi connectivity index (χ2n) is 10.6. The Hall–Kier alpha value is -3.03. The van der Waals surface area contributed by atoms with E-state index in [1.807, 2.05) is 45.2 Å². The Balaban J connectivity index is 1.36. The molecule has 0 saturated carbocycles. The Labute approximate surface area is 236 Å². The number of fused-ring (bicyclic) bond motifs is 3. The summed E-state index contributed by atoms with van der Waals surface area (Å²) in [6.45, 7) is 8.81. The third kappa shape index (κ3) is 7.38. The first-order valence-corrected chi connectivity index (χ1v) is 15.7. The lowest BCUT2D eigenvalue weighted by Gasteiger charge is -2.32. The van der Waals surface area contributed by atoms with Gasteiger partial charge in [-0.3, -0.25) is 9.55 Å². The first-order valence-electron chi connectivity index (χ1n) is 13.9. The summed E-state index contributed by atoms with van der Waals surface area (Å²) in [4.78, 5) is 27.7. The standard InChI is InChI=1S/C31H40N3O5P/c1-5-31(6-2,13-16-40(35,36)37)39-15-14-38-25-11-10-24(22(4)18-25)9-8-23-19-27-26-12-7-21(3)17-28(26)34-30(32)29(27)33-20-23/h7,10-12,17-20H,5-6,8-9,13-16H2,1-4H3,(H2,32,34)(H2,35,36,37). The van der Waals surface area contributed by atoms with Gasteiger partial charge in [-0.1, -0.05) is 32.0 Å². The van der Waals surface area contributed by atoms with Gasteiger partial charge in [0.15, 0.2) is 5.82 Å². The lowest BCUT2D eigenvalue weighted by Crippen LogP contribution is -2.34. The predicted molar refractivity (Wildman–Crippen MR) is 161 cm³/mol. The van der Waals surface area contributed by atoms with E-state index in [-0.39, 0.29) is 6.16 Å². The molecule has 0 fully saturated rings. The molecule has 2 heterocycles. The summed E-state index contributed by atoms with van der Waals surface area (Å²) >= 11 is 0. The first-order chi connectivity index (χ1) is 19.0. The number of benzene rings is 2. The van der Waals surface area contributed by atoms with Crippen molar-refractivity contribution >= 4 is 35.2 Å². The van der Waals surface area contributed by atoms with Crippen molar-refractivity contribution in [2.45, 2.75) is 65.4 Å². The van der Waals surface area contributed by atoms with Crippen molar-refractivity contribution in [1.82, 2.24) is 9.97 Å². The molecular weight excluding hydrogens is 525 g/mol. The van der Waals surface area contributed by atoms with Crippen LogP contribution < -0.4 is 10.5 Å². The Bertz CT molecular complexity index is 1530. The van der Waals surface area contributed by atoms with Crippen LogP contribution in [0.3, 0.4) is 0 Å². The molecule has 0 unspecified atom stereocenters. The van der Waals surface area contributed by atoms with Crippen LogP contribution in [0.1, 0.15) is 55.4 Å². The van der Waals surface area contributed by atoms with Crippen molar-refractivity contribution in [2.24, 2.45) is 0 Å². The third-order valence-corrected chi connectivity index (χ3v) is 8.58. The Kier molecular flexibility index (Phi) is 9.47. The average molecular weight is 566 g/mol. The molecule has 9 heteroatoms. The van der Waals surface area contributed by atoms with Gasteiger partial charge in [-0.2, -0.15) is 0 Å². The first kappa shape index (κ1) is 29.9. The zero-order valence-corrected chi connectivity index (χ0v) is 24.7. The number of rotatable bonds is 13. The van der Waals surface area contributed by atoms with E-state index in [0.717, 1.165) is 57.1 Å². The SMILES string of the molecule is CCC(CC)(CCP(=O)(O)O)OCCOc1ccc(CCc2cnc3c(N)nc4cc(C)ccc4c3c2)c(C)c1. The van der Waals surface area contributed by atoms with Gasteiger partial charge in [0.2, 0.25) is 0 Å². The molecule has 0 bridgehead atoms. The average Bonchev–Trinajstić information content (AvgIpc) is 2.92. The second kappa shape index (κ2) is 12.6. The molecule has 4 rings (SSSR count). The minimum atomic E-state index is -4.06. The number of aromatic nitrogens is 2. The highest BCUT2D eigenvalue weighted by atomic mass is 31.2. The fraction of sp³-hybridized carbons (Fsp3) is 0.419. The van der Waals surface area contributed by atoms with Gasteiger partial charge in [0.05, 0.1) is 23.9 Å². The topological polar surface area (TPSA) is 128 Å². The van der Waals surface area contributed by atoms with Crippen LogP contribution in [0.4, 0.5) is 5.82 Å². The van der Waals surface area contributed by atoms with Crippen molar-refractivity contribution in [2.75, 3.05) is 25.1 Å². The Morgan fingerprint density at radius 3 is 2.45 bits per heavy atom. The van der Waals surface area contributed by atoms with Crippen molar-refractivity contribution in [3.8, 4) is 5.75 Å².